The maximum absolute atomic E-state index is 6.52. The molecular weight excluding hydrogens is 412 g/mol. The molecule has 2 aromatic carbocycles. The molecule has 5 nitrogen and oxygen atoms in total. The molecule has 1 heterocycles. The Balaban J connectivity index is 1.51. The predicted octanol–water partition coefficient (Wildman–Crippen LogP) is 5.58. The molecule has 0 radical (unpaired) electrons. The first-order chi connectivity index (χ1) is 15.2. The quantitative estimate of drug-likeness (QED) is 0.372. The molecule has 0 amide bonds. The summed E-state index contributed by atoms with van der Waals surface area (Å²) in [5.41, 5.74) is 3.28. The zero-order valence-electron chi connectivity index (χ0n) is 18.1. The van der Waals surface area contributed by atoms with E-state index in [-0.39, 0.29) is 0 Å². The zero-order chi connectivity index (χ0) is 21.9. The van der Waals surface area contributed by atoms with E-state index in [1.807, 2.05) is 49.4 Å². The molecule has 0 unspecified atom stereocenters. The molecule has 164 valence electrons. The third-order valence-corrected chi connectivity index (χ3v) is 4.94. The SMILES string of the molecule is CCOc1cc(CNCCCOc2ccccn2)c(Cl)cc1OCc1cccc(C)c1. The summed E-state index contributed by atoms with van der Waals surface area (Å²) < 4.78 is 17.4. The summed E-state index contributed by atoms with van der Waals surface area (Å²) >= 11 is 6.52. The monoisotopic (exact) mass is 440 g/mol. The summed E-state index contributed by atoms with van der Waals surface area (Å²) in [5, 5.41) is 4.05. The summed E-state index contributed by atoms with van der Waals surface area (Å²) in [7, 11) is 0. The van der Waals surface area contributed by atoms with Crippen LogP contribution in [-0.4, -0.2) is 24.7 Å². The molecule has 1 N–H and O–H groups in total. The van der Waals surface area contributed by atoms with E-state index in [0.29, 0.717) is 48.8 Å². The first-order valence-electron chi connectivity index (χ1n) is 10.5. The van der Waals surface area contributed by atoms with Crippen LogP contribution in [0.3, 0.4) is 0 Å². The molecule has 6 heteroatoms. The minimum atomic E-state index is 0.464. The molecular formula is C25H29ClN2O3. The number of nitrogens with zero attached hydrogens (tertiary/aromatic N) is 1. The molecule has 1 aromatic heterocycles. The van der Waals surface area contributed by atoms with Crippen LogP contribution in [-0.2, 0) is 13.2 Å². The molecule has 0 fully saturated rings. The van der Waals surface area contributed by atoms with Crippen molar-refractivity contribution in [2.75, 3.05) is 19.8 Å². The lowest BCUT2D eigenvalue weighted by molar-refractivity contribution is 0.269. The van der Waals surface area contributed by atoms with Crippen molar-refractivity contribution >= 4 is 11.6 Å². The van der Waals surface area contributed by atoms with Gasteiger partial charge in [0, 0.05) is 29.9 Å². The Bertz CT molecular complexity index is 951. The minimum Gasteiger partial charge on any atom is -0.490 e. The van der Waals surface area contributed by atoms with Crippen molar-refractivity contribution in [2.24, 2.45) is 0 Å². The largest absolute Gasteiger partial charge is 0.490 e. The highest BCUT2D eigenvalue weighted by atomic mass is 35.5. The van der Waals surface area contributed by atoms with Crippen LogP contribution in [0.4, 0.5) is 0 Å². The van der Waals surface area contributed by atoms with Gasteiger partial charge in [0.2, 0.25) is 5.88 Å². The van der Waals surface area contributed by atoms with E-state index in [0.717, 1.165) is 24.1 Å². The maximum atomic E-state index is 6.52. The second-order valence-corrected chi connectivity index (χ2v) is 7.56. The van der Waals surface area contributed by atoms with E-state index in [1.54, 1.807) is 6.20 Å². The fraction of sp³-hybridized carbons (Fsp3) is 0.320. The first kappa shape index (κ1) is 22.9. The molecule has 0 aliphatic carbocycles. The molecule has 0 aliphatic heterocycles. The Morgan fingerprint density at radius 2 is 1.84 bits per heavy atom. The van der Waals surface area contributed by atoms with Gasteiger partial charge in [0.15, 0.2) is 11.5 Å². The van der Waals surface area contributed by atoms with Crippen molar-refractivity contribution in [3.8, 4) is 17.4 Å². The third kappa shape index (κ3) is 7.46. The molecule has 3 aromatic rings. The van der Waals surface area contributed by atoms with Gasteiger partial charge < -0.3 is 19.5 Å². The highest BCUT2D eigenvalue weighted by Crippen LogP contribution is 2.34. The van der Waals surface area contributed by atoms with E-state index in [9.17, 15) is 0 Å². The summed E-state index contributed by atoms with van der Waals surface area (Å²) in [6.07, 6.45) is 2.59. The van der Waals surface area contributed by atoms with Gasteiger partial charge in [-0.05, 0) is 50.1 Å². The maximum Gasteiger partial charge on any atom is 0.213 e. The average molecular weight is 441 g/mol. The number of hydrogen-bond acceptors (Lipinski definition) is 5. The topological polar surface area (TPSA) is 52.6 Å². The lowest BCUT2D eigenvalue weighted by Crippen LogP contribution is -2.17. The van der Waals surface area contributed by atoms with Crippen molar-refractivity contribution < 1.29 is 14.2 Å². The van der Waals surface area contributed by atoms with Crippen LogP contribution in [0.2, 0.25) is 5.02 Å². The molecule has 3 rings (SSSR count). The van der Waals surface area contributed by atoms with Crippen LogP contribution < -0.4 is 19.5 Å². The van der Waals surface area contributed by atoms with Crippen LogP contribution in [0.1, 0.15) is 30.0 Å². The highest BCUT2D eigenvalue weighted by molar-refractivity contribution is 6.31. The predicted molar refractivity (Wildman–Crippen MR) is 124 cm³/mol. The Labute approximate surface area is 189 Å². The van der Waals surface area contributed by atoms with E-state index in [2.05, 4.69) is 29.4 Å². The molecule has 0 spiro atoms. The van der Waals surface area contributed by atoms with E-state index in [1.165, 1.54) is 5.56 Å². The van der Waals surface area contributed by atoms with Gasteiger partial charge in [-0.1, -0.05) is 47.5 Å². The number of aromatic nitrogens is 1. The first-order valence-corrected chi connectivity index (χ1v) is 10.9. The molecule has 0 atom stereocenters. The zero-order valence-corrected chi connectivity index (χ0v) is 18.8. The Hall–Kier alpha value is -2.76. The van der Waals surface area contributed by atoms with Crippen LogP contribution in [0.25, 0.3) is 0 Å². The fourth-order valence-corrected chi connectivity index (χ4v) is 3.31. The van der Waals surface area contributed by atoms with Crippen LogP contribution in [0.5, 0.6) is 17.4 Å². The number of ether oxygens (including phenoxy) is 3. The van der Waals surface area contributed by atoms with E-state index < -0.39 is 0 Å². The van der Waals surface area contributed by atoms with Gasteiger partial charge in [-0.15, -0.1) is 0 Å². The third-order valence-electron chi connectivity index (χ3n) is 4.59. The minimum absolute atomic E-state index is 0.464. The second-order valence-electron chi connectivity index (χ2n) is 7.15. The van der Waals surface area contributed by atoms with Crippen molar-refractivity contribution in [3.63, 3.8) is 0 Å². The Kier molecular flexibility index (Phi) is 9.00. The number of rotatable bonds is 12. The molecule has 31 heavy (non-hydrogen) atoms. The van der Waals surface area contributed by atoms with Crippen LogP contribution in [0.15, 0.2) is 60.8 Å². The van der Waals surface area contributed by atoms with Crippen molar-refractivity contribution in [3.05, 3.63) is 82.5 Å². The van der Waals surface area contributed by atoms with Crippen LogP contribution >= 0.6 is 11.6 Å². The summed E-state index contributed by atoms with van der Waals surface area (Å²) in [6, 6.07) is 17.7. The Morgan fingerprint density at radius 3 is 2.61 bits per heavy atom. The van der Waals surface area contributed by atoms with Gasteiger partial charge in [0.25, 0.3) is 0 Å². The molecule has 0 saturated carbocycles. The molecule has 0 saturated heterocycles. The van der Waals surface area contributed by atoms with E-state index >= 15 is 0 Å². The van der Waals surface area contributed by atoms with Gasteiger partial charge in [-0.2, -0.15) is 0 Å². The van der Waals surface area contributed by atoms with Crippen molar-refractivity contribution in [1.29, 1.82) is 0 Å². The van der Waals surface area contributed by atoms with E-state index in [4.69, 9.17) is 25.8 Å². The Morgan fingerprint density at radius 1 is 0.968 bits per heavy atom. The number of benzene rings is 2. The number of halogens is 1. The van der Waals surface area contributed by atoms with Crippen molar-refractivity contribution in [2.45, 2.75) is 33.4 Å². The number of aryl methyl sites for hydroxylation is 1. The average Bonchev–Trinajstić information content (AvgIpc) is 2.77. The highest BCUT2D eigenvalue weighted by Gasteiger charge is 2.11. The van der Waals surface area contributed by atoms with Gasteiger partial charge in [-0.3, -0.25) is 0 Å². The standard InChI is InChI=1S/C25H29ClN2O3/c1-3-29-23-15-21(17-27-11-7-13-30-25-10-4-5-12-28-25)22(26)16-24(23)31-18-20-9-6-8-19(2)14-20/h4-6,8-10,12,14-16,27H,3,7,11,13,17-18H2,1-2H3. The van der Waals surface area contributed by atoms with Crippen molar-refractivity contribution in [1.82, 2.24) is 10.3 Å². The lowest BCUT2D eigenvalue weighted by atomic mass is 10.1. The van der Waals surface area contributed by atoms with Gasteiger partial charge in [0.05, 0.1) is 13.2 Å². The summed E-state index contributed by atoms with van der Waals surface area (Å²) in [5.74, 6) is 2.00. The molecule has 0 bridgehead atoms. The fourth-order valence-electron chi connectivity index (χ4n) is 3.09. The van der Waals surface area contributed by atoms with Crippen LogP contribution in [0, 0.1) is 6.92 Å². The number of hydrogen-bond donors (Lipinski definition) is 1. The van der Waals surface area contributed by atoms with Gasteiger partial charge in [-0.25, -0.2) is 4.98 Å². The number of pyridine rings is 1. The van der Waals surface area contributed by atoms with Gasteiger partial charge in [0.1, 0.15) is 6.61 Å². The summed E-state index contributed by atoms with van der Waals surface area (Å²) in [6.45, 7) is 7.09. The number of nitrogens with one attached hydrogen (secondary N) is 1. The molecule has 0 aliphatic rings. The second kappa shape index (κ2) is 12.2. The van der Waals surface area contributed by atoms with Gasteiger partial charge >= 0.3 is 0 Å². The lowest BCUT2D eigenvalue weighted by Gasteiger charge is -2.15. The summed E-state index contributed by atoms with van der Waals surface area (Å²) in [4.78, 5) is 4.14. The normalized spacial score (nSPS) is 10.7. The smallest absolute Gasteiger partial charge is 0.213 e.